The molecule has 0 aliphatic carbocycles. The van der Waals surface area contributed by atoms with Crippen LogP contribution in [0, 0.1) is 0 Å². The van der Waals surface area contributed by atoms with E-state index in [4.69, 9.17) is 67.3 Å². The minimum absolute atomic E-state index is 0.121. The molecule has 0 spiro atoms. The van der Waals surface area contributed by atoms with Gasteiger partial charge in [0.25, 0.3) is 17.7 Å². The standard InChI is InChI=1S/C23H26Cl2N4O3.C23H25Cl2N3O3/c24-15-3-1-14(2-4-15)12-29-18-6-7-19(29)11-17(10-18)27-22(30)13-32-21-8-5-16(25)9-20(21)28-23(26)31;24-15-3-1-14(2-4-15)12-28-18-6-7-19(28)11-17(10-18)27-22(29)13-31-21-8-5-16(25)9-20(21)23(26)30/h1-5,8-9,17-19H,6-7,10-13H2,(H,27,30)(H3,26,28,31);1-5,8-9,17-19H,6-7,10-13H2,(H2,26,30)(H,27,29)/t2*17-,18+,19-. The van der Waals surface area contributed by atoms with Crippen molar-refractivity contribution in [3.8, 4) is 11.5 Å². The third kappa shape index (κ3) is 12.7. The normalized spacial score (nSPS) is 22.6. The maximum Gasteiger partial charge on any atom is 0.316 e. The van der Waals surface area contributed by atoms with E-state index in [1.165, 1.54) is 23.3 Å². The van der Waals surface area contributed by atoms with Crippen LogP contribution in [0.2, 0.25) is 20.1 Å². The molecule has 8 rings (SSSR count). The number of halogens is 4. The molecule has 63 heavy (non-hydrogen) atoms. The molecular weight excluding hydrogens is 888 g/mol. The number of piperidine rings is 2. The highest BCUT2D eigenvalue weighted by molar-refractivity contribution is 6.31. The summed E-state index contributed by atoms with van der Waals surface area (Å²) in [5.74, 6) is -0.463. The Kier molecular flexibility index (Phi) is 15.6. The van der Waals surface area contributed by atoms with Gasteiger partial charge in [-0.2, -0.15) is 0 Å². The number of hydrogen-bond acceptors (Lipinski definition) is 8. The summed E-state index contributed by atoms with van der Waals surface area (Å²) >= 11 is 23.9. The summed E-state index contributed by atoms with van der Waals surface area (Å²) in [5, 5.41) is 10.9. The van der Waals surface area contributed by atoms with Gasteiger partial charge in [0.1, 0.15) is 11.5 Å². The fourth-order valence-electron chi connectivity index (χ4n) is 9.41. The third-order valence-corrected chi connectivity index (χ3v) is 13.2. The number of primary amides is 2. The predicted molar refractivity (Wildman–Crippen MR) is 246 cm³/mol. The summed E-state index contributed by atoms with van der Waals surface area (Å²) in [7, 11) is 0. The van der Waals surface area contributed by atoms with Gasteiger partial charge in [-0.1, -0.05) is 70.7 Å². The van der Waals surface area contributed by atoms with Gasteiger partial charge in [0, 0.05) is 69.4 Å². The zero-order valence-electron chi connectivity index (χ0n) is 34.5. The first-order valence-electron chi connectivity index (χ1n) is 21.1. The van der Waals surface area contributed by atoms with Crippen molar-refractivity contribution in [3.63, 3.8) is 0 Å². The van der Waals surface area contributed by atoms with Crippen molar-refractivity contribution in [2.24, 2.45) is 11.5 Å². The van der Waals surface area contributed by atoms with Gasteiger partial charge < -0.3 is 36.9 Å². The van der Waals surface area contributed by atoms with E-state index in [-0.39, 0.29) is 48.4 Å². The number of anilines is 1. The van der Waals surface area contributed by atoms with Crippen molar-refractivity contribution in [1.29, 1.82) is 0 Å². The summed E-state index contributed by atoms with van der Waals surface area (Å²) in [4.78, 5) is 52.8. The second kappa shape index (κ2) is 21.3. The average Bonchev–Trinajstić information content (AvgIpc) is 3.60. The van der Waals surface area contributed by atoms with Crippen LogP contribution in [-0.2, 0) is 22.7 Å². The predicted octanol–water partition coefficient (Wildman–Crippen LogP) is 7.96. The number of urea groups is 1. The number of nitrogens with two attached hydrogens (primary N) is 2. The molecule has 5 amide bonds. The molecule has 4 aliphatic rings. The highest BCUT2D eigenvalue weighted by Crippen LogP contribution is 2.38. The molecule has 7 N–H and O–H groups in total. The zero-order valence-corrected chi connectivity index (χ0v) is 37.6. The number of nitrogens with one attached hydrogen (secondary N) is 3. The maximum atomic E-state index is 12.5. The Morgan fingerprint density at radius 1 is 0.556 bits per heavy atom. The van der Waals surface area contributed by atoms with Crippen LogP contribution in [0.5, 0.6) is 11.5 Å². The lowest BCUT2D eigenvalue weighted by Crippen LogP contribution is -2.50. The topological polar surface area (TPSA) is 181 Å². The summed E-state index contributed by atoms with van der Waals surface area (Å²) in [5.41, 5.74) is 13.5. The Bertz CT molecular complexity index is 2240. The molecule has 0 unspecified atom stereocenters. The molecule has 334 valence electrons. The van der Waals surface area contributed by atoms with Gasteiger partial charge in [0.05, 0.1) is 11.3 Å². The largest absolute Gasteiger partial charge is 0.483 e. The quantitative estimate of drug-likeness (QED) is 0.0845. The second-order valence-corrected chi connectivity index (χ2v) is 18.3. The fourth-order valence-corrected chi connectivity index (χ4v) is 10.0. The Hall–Kier alpha value is -4.76. The van der Waals surface area contributed by atoms with E-state index in [0.29, 0.717) is 45.6 Å². The molecule has 0 radical (unpaired) electrons. The van der Waals surface area contributed by atoms with E-state index >= 15 is 0 Å². The van der Waals surface area contributed by atoms with Crippen molar-refractivity contribution >= 4 is 75.8 Å². The molecule has 4 heterocycles. The van der Waals surface area contributed by atoms with Crippen molar-refractivity contribution in [2.45, 2.75) is 101 Å². The molecule has 4 aliphatic heterocycles. The number of benzene rings is 4. The highest BCUT2D eigenvalue weighted by Gasteiger charge is 2.42. The maximum absolute atomic E-state index is 12.5. The second-order valence-electron chi connectivity index (χ2n) is 16.6. The van der Waals surface area contributed by atoms with Gasteiger partial charge in [-0.3, -0.25) is 24.2 Å². The van der Waals surface area contributed by atoms with Gasteiger partial charge in [-0.25, -0.2) is 4.79 Å². The van der Waals surface area contributed by atoms with Crippen LogP contribution in [-0.4, -0.2) is 83.0 Å². The van der Waals surface area contributed by atoms with Crippen LogP contribution in [0.4, 0.5) is 10.5 Å². The van der Waals surface area contributed by atoms with E-state index < -0.39 is 11.9 Å². The van der Waals surface area contributed by atoms with Crippen LogP contribution in [0.1, 0.15) is 72.9 Å². The number of carbonyl (C=O) groups is 4. The zero-order chi connectivity index (χ0) is 44.6. The minimum atomic E-state index is -0.734. The first kappa shape index (κ1) is 46.2. The minimum Gasteiger partial charge on any atom is -0.483 e. The van der Waals surface area contributed by atoms with Crippen LogP contribution in [0.3, 0.4) is 0 Å². The Balaban J connectivity index is 0.000000189. The molecule has 0 saturated carbocycles. The van der Waals surface area contributed by atoms with E-state index in [9.17, 15) is 19.2 Å². The molecule has 4 bridgehead atoms. The lowest BCUT2D eigenvalue weighted by molar-refractivity contribution is -0.125. The van der Waals surface area contributed by atoms with Gasteiger partial charge in [0.2, 0.25) is 0 Å². The third-order valence-electron chi connectivity index (χ3n) is 12.2. The Labute approximate surface area is 387 Å². The summed E-state index contributed by atoms with van der Waals surface area (Å²) < 4.78 is 11.2. The highest BCUT2D eigenvalue weighted by atomic mass is 35.5. The molecular formula is C46H51Cl4N7O6. The summed E-state index contributed by atoms with van der Waals surface area (Å²) in [6, 6.07) is 26.7. The Morgan fingerprint density at radius 3 is 1.38 bits per heavy atom. The number of ether oxygens (including phenoxy) is 2. The molecule has 6 atom stereocenters. The number of rotatable bonds is 14. The lowest BCUT2D eigenvalue weighted by Gasteiger charge is -2.39. The first-order chi connectivity index (χ1) is 30.3. The average molecular weight is 940 g/mol. The molecule has 13 nitrogen and oxygen atoms in total. The lowest BCUT2D eigenvalue weighted by atomic mass is 9.96. The van der Waals surface area contributed by atoms with Gasteiger partial charge in [-0.15, -0.1) is 0 Å². The monoisotopic (exact) mass is 937 g/mol. The van der Waals surface area contributed by atoms with E-state index in [2.05, 4.69) is 50.0 Å². The fraction of sp³-hybridized carbons (Fsp3) is 0.391. The number of carbonyl (C=O) groups excluding carboxylic acids is 4. The van der Waals surface area contributed by atoms with Crippen LogP contribution < -0.4 is 36.9 Å². The smallest absolute Gasteiger partial charge is 0.316 e. The molecule has 17 heteroatoms. The SMILES string of the molecule is NC(=O)Nc1cc(Cl)ccc1OCC(=O)N[C@H]1C[C@H]2CC[C@@H](C1)N2Cc1ccc(Cl)cc1.NC(=O)c1cc(Cl)ccc1OCC(=O)N[C@H]1C[C@H]2CC[C@@H](C1)N2Cc1ccc(Cl)cc1. The van der Waals surface area contributed by atoms with E-state index in [1.807, 2.05) is 24.3 Å². The number of hydrogen-bond donors (Lipinski definition) is 5. The number of fused-ring (bicyclic) bond motifs is 4. The summed E-state index contributed by atoms with van der Waals surface area (Å²) in [6.45, 7) is 1.48. The summed E-state index contributed by atoms with van der Waals surface area (Å²) in [6.07, 6.45) is 8.27. The van der Waals surface area contributed by atoms with Crippen LogP contribution in [0.15, 0.2) is 84.9 Å². The van der Waals surface area contributed by atoms with Crippen LogP contribution in [0.25, 0.3) is 0 Å². The Morgan fingerprint density at radius 2 is 0.952 bits per heavy atom. The van der Waals surface area contributed by atoms with E-state index in [0.717, 1.165) is 74.5 Å². The van der Waals surface area contributed by atoms with Crippen LogP contribution >= 0.6 is 46.4 Å². The molecule has 4 fully saturated rings. The first-order valence-corrected chi connectivity index (χ1v) is 22.6. The molecule has 4 aromatic rings. The van der Waals surface area contributed by atoms with Crippen molar-refractivity contribution in [3.05, 3.63) is 122 Å². The molecule has 0 aromatic heterocycles. The molecule has 4 aromatic carbocycles. The van der Waals surface area contributed by atoms with Gasteiger partial charge in [-0.05, 0) is 123 Å². The van der Waals surface area contributed by atoms with Crippen molar-refractivity contribution in [1.82, 2.24) is 20.4 Å². The molecule has 4 saturated heterocycles. The van der Waals surface area contributed by atoms with Gasteiger partial charge in [0.15, 0.2) is 13.2 Å². The van der Waals surface area contributed by atoms with Crippen molar-refractivity contribution < 1.29 is 28.7 Å². The van der Waals surface area contributed by atoms with Crippen molar-refractivity contribution in [2.75, 3.05) is 18.5 Å². The number of nitrogens with zero attached hydrogens (tertiary/aromatic N) is 2. The van der Waals surface area contributed by atoms with E-state index in [1.54, 1.807) is 24.3 Å². The number of amides is 5. The van der Waals surface area contributed by atoms with Gasteiger partial charge >= 0.3 is 6.03 Å².